The molecular weight excluding hydrogens is 424 g/mol. The van der Waals surface area contributed by atoms with Crippen molar-refractivity contribution < 1.29 is 29.0 Å². The number of nitrogens with one attached hydrogen (secondary N) is 1. The lowest BCUT2D eigenvalue weighted by atomic mass is 10.1. The van der Waals surface area contributed by atoms with Gasteiger partial charge in [-0.2, -0.15) is 0 Å². The number of aromatic carboxylic acids is 1. The molecule has 0 radical (unpaired) electrons. The van der Waals surface area contributed by atoms with Gasteiger partial charge in [-0.15, -0.1) is 0 Å². The maximum absolute atomic E-state index is 12.8. The first kappa shape index (κ1) is 24.4. The summed E-state index contributed by atoms with van der Waals surface area (Å²) in [5.41, 5.74) is 2.47. The van der Waals surface area contributed by atoms with Gasteiger partial charge in [0.25, 0.3) is 0 Å². The van der Waals surface area contributed by atoms with Crippen molar-refractivity contribution in [1.29, 1.82) is 0 Å². The monoisotopic (exact) mass is 443 g/mol. The number of amides is 1. The second-order valence-corrected chi connectivity index (χ2v) is 6.91. The lowest BCUT2D eigenvalue weighted by Gasteiger charge is -2.09. The fourth-order valence-electron chi connectivity index (χ4n) is 2.19. The molecule has 9 heteroatoms. The number of halogens is 3. The Kier molecular flexibility index (Phi) is 9.58. The molecule has 0 spiro atoms. The number of benzene rings is 2. The van der Waals surface area contributed by atoms with Crippen molar-refractivity contribution in [2.75, 3.05) is 5.32 Å². The van der Waals surface area contributed by atoms with Crippen LogP contribution < -0.4 is 5.32 Å². The summed E-state index contributed by atoms with van der Waals surface area (Å²) < 4.78 is 12.8. The summed E-state index contributed by atoms with van der Waals surface area (Å²) in [7, 11) is 0. The van der Waals surface area contributed by atoms with E-state index in [1.54, 1.807) is 0 Å². The third kappa shape index (κ3) is 8.09. The molecule has 0 aliphatic rings. The van der Waals surface area contributed by atoms with Gasteiger partial charge in [0.2, 0.25) is 5.91 Å². The largest absolute Gasteiger partial charge is 0.481 e. The molecule has 29 heavy (non-hydrogen) atoms. The highest BCUT2D eigenvalue weighted by molar-refractivity contribution is 6.42. The third-order valence-corrected chi connectivity index (χ3v) is 4.64. The standard InChI is InChI=1S/C13H17NO3.C7H3Cl2FO2/c1-9-5-3-6-11(10(9)2)14-12(15)7-4-8-13(16)17;8-4-1-3(7(11)12)6(10)2-5(4)9/h3,5-6H,4,7-8H2,1-2H3,(H,14,15)(H,16,17);1-2H,(H,11,12). The highest BCUT2D eigenvalue weighted by Gasteiger charge is 2.12. The number of anilines is 1. The van der Waals surface area contributed by atoms with Gasteiger partial charge in [-0.1, -0.05) is 35.3 Å². The van der Waals surface area contributed by atoms with Crippen molar-refractivity contribution in [2.24, 2.45) is 0 Å². The highest BCUT2D eigenvalue weighted by atomic mass is 35.5. The maximum Gasteiger partial charge on any atom is 0.338 e. The van der Waals surface area contributed by atoms with Crippen LogP contribution in [0.2, 0.25) is 10.0 Å². The summed E-state index contributed by atoms with van der Waals surface area (Å²) >= 11 is 10.9. The number of carboxylic acid groups (broad SMARTS) is 2. The first-order chi connectivity index (χ1) is 13.5. The Bertz CT molecular complexity index is 918. The molecule has 0 unspecified atom stereocenters. The number of carboxylic acids is 2. The lowest BCUT2D eigenvalue weighted by Crippen LogP contribution is -2.13. The van der Waals surface area contributed by atoms with Gasteiger partial charge >= 0.3 is 11.9 Å². The van der Waals surface area contributed by atoms with Crippen LogP contribution in [0.4, 0.5) is 10.1 Å². The fourth-order valence-corrected chi connectivity index (χ4v) is 2.50. The van der Waals surface area contributed by atoms with Crippen LogP contribution in [0.25, 0.3) is 0 Å². The molecule has 0 heterocycles. The molecule has 6 nitrogen and oxygen atoms in total. The zero-order chi connectivity index (χ0) is 22.1. The van der Waals surface area contributed by atoms with E-state index in [1.807, 2.05) is 32.0 Å². The summed E-state index contributed by atoms with van der Waals surface area (Å²) in [6.07, 6.45) is 0.631. The van der Waals surface area contributed by atoms with Crippen LogP contribution in [0.5, 0.6) is 0 Å². The summed E-state index contributed by atoms with van der Waals surface area (Å²) in [5.74, 6) is -3.27. The molecule has 0 aliphatic heterocycles. The number of rotatable bonds is 6. The molecule has 2 aromatic rings. The Morgan fingerprint density at radius 1 is 1.03 bits per heavy atom. The minimum atomic E-state index is -1.37. The molecule has 0 aromatic heterocycles. The minimum Gasteiger partial charge on any atom is -0.481 e. The molecule has 2 rings (SSSR count). The summed E-state index contributed by atoms with van der Waals surface area (Å²) in [4.78, 5) is 32.2. The van der Waals surface area contributed by atoms with Crippen LogP contribution in [-0.4, -0.2) is 28.1 Å². The predicted molar refractivity (Wildman–Crippen MR) is 109 cm³/mol. The van der Waals surface area contributed by atoms with E-state index in [0.29, 0.717) is 6.42 Å². The lowest BCUT2D eigenvalue weighted by molar-refractivity contribution is -0.137. The SMILES string of the molecule is Cc1cccc(NC(=O)CCCC(=O)O)c1C.O=C(O)c1cc(Cl)c(Cl)cc1F. The van der Waals surface area contributed by atoms with E-state index in [-0.39, 0.29) is 28.8 Å². The minimum absolute atomic E-state index is 0.000772. The molecule has 0 saturated carbocycles. The molecule has 0 fully saturated rings. The zero-order valence-corrected chi connectivity index (χ0v) is 17.3. The molecule has 0 atom stereocenters. The first-order valence-corrected chi connectivity index (χ1v) is 9.24. The van der Waals surface area contributed by atoms with Gasteiger partial charge in [0.1, 0.15) is 5.82 Å². The van der Waals surface area contributed by atoms with E-state index in [1.165, 1.54) is 0 Å². The number of hydrogen-bond acceptors (Lipinski definition) is 3. The van der Waals surface area contributed by atoms with Gasteiger partial charge in [-0.3, -0.25) is 9.59 Å². The molecule has 3 N–H and O–H groups in total. The normalized spacial score (nSPS) is 9.97. The van der Waals surface area contributed by atoms with Crippen molar-refractivity contribution in [2.45, 2.75) is 33.1 Å². The van der Waals surface area contributed by atoms with Crippen molar-refractivity contribution in [1.82, 2.24) is 0 Å². The van der Waals surface area contributed by atoms with Crippen LogP contribution in [0, 0.1) is 19.7 Å². The predicted octanol–water partition coefficient (Wildman–Crippen LogP) is 5.33. The Morgan fingerprint density at radius 3 is 2.24 bits per heavy atom. The van der Waals surface area contributed by atoms with Gasteiger partial charge in [0.05, 0.1) is 15.6 Å². The van der Waals surface area contributed by atoms with Crippen LogP contribution in [0.1, 0.15) is 40.7 Å². The molecule has 0 aliphatic carbocycles. The van der Waals surface area contributed by atoms with Crippen molar-refractivity contribution >= 4 is 46.7 Å². The summed E-state index contributed by atoms with van der Waals surface area (Å²) in [6, 6.07) is 7.55. The van der Waals surface area contributed by atoms with Crippen molar-refractivity contribution in [3.63, 3.8) is 0 Å². The number of hydrogen-bond donors (Lipinski definition) is 3. The van der Waals surface area contributed by atoms with Crippen LogP contribution in [0.3, 0.4) is 0 Å². The number of aryl methyl sites for hydroxylation is 1. The fraction of sp³-hybridized carbons (Fsp3) is 0.250. The van der Waals surface area contributed by atoms with E-state index in [4.69, 9.17) is 33.4 Å². The Morgan fingerprint density at radius 2 is 1.66 bits per heavy atom. The number of carbonyl (C=O) groups is 3. The van der Waals surface area contributed by atoms with Crippen molar-refractivity contribution in [3.05, 3.63) is 62.9 Å². The van der Waals surface area contributed by atoms with Gasteiger partial charge in [-0.05, 0) is 49.6 Å². The zero-order valence-electron chi connectivity index (χ0n) is 15.8. The molecule has 0 saturated heterocycles. The third-order valence-electron chi connectivity index (χ3n) is 3.91. The van der Waals surface area contributed by atoms with E-state index < -0.39 is 23.3 Å². The van der Waals surface area contributed by atoms with Crippen LogP contribution in [0.15, 0.2) is 30.3 Å². The Balaban J connectivity index is 0.000000308. The Hall–Kier alpha value is -2.64. The van der Waals surface area contributed by atoms with E-state index in [2.05, 4.69) is 5.32 Å². The number of aliphatic carboxylic acids is 1. The van der Waals surface area contributed by atoms with E-state index in [0.717, 1.165) is 28.9 Å². The Labute approximate surface area is 177 Å². The average molecular weight is 444 g/mol. The average Bonchev–Trinajstić information content (AvgIpc) is 2.62. The molecule has 0 bridgehead atoms. The second kappa shape index (κ2) is 11.4. The van der Waals surface area contributed by atoms with E-state index in [9.17, 15) is 18.8 Å². The van der Waals surface area contributed by atoms with Crippen molar-refractivity contribution in [3.8, 4) is 0 Å². The van der Waals surface area contributed by atoms with Gasteiger partial charge in [-0.25, -0.2) is 9.18 Å². The van der Waals surface area contributed by atoms with E-state index >= 15 is 0 Å². The van der Waals surface area contributed by atoms with Gasteiger partial charge in [0.15, 0.2) is 0 Å². The number of carbonyl (C=O) groups excluding carboxylic acids is 1. The molecule has 156 valence electrons. The van der Waals surface area contributed by atoms with Crippen LogP contribution in [-0.2, 0) is 9.59 Å². The maximum atomic E-state index is 12.8. The van der Waals surface area contributed by atoms with Gasteiger partial charge in [0, 0.05) is 18.5 Å². The smallest absolute Gasteiger partial charge is 0.338 e. The van der Waals surface area contributed by atoms with Crippen LogP contribution >= 0.6 is 23.2 Å². The first-order valence-electron chi connectivity index (χ1n) is 8.48. The van der Waals surface area contributed by atoms with Gasteiger partial charge < -0.3 is 15.5 Å². The molecule has 2 aromatic carbocycles. The summed E-state index contributed by atoms with van der Waals surface area (Å²) in [5, 5.41) is 19.7. The molecule has 1 amide bonds. The molecular formula is C20H20Cl2FNO5. The summed E-state index contributed by atoms with van der Waals surface area (Å²) in [6.45, 7) is 3.93. The second-order valence-electron chi connectivity index (χ2n) is 6.09. The topological polar surface area (TPSA) is 104 Å². The quantitative estimate of drug-likeness (QED) is 0.523. The highest BCUT2D eigenvalue weighted by Crippen LogP contribution is 2.25.